The Morgan fingerprint density at radius 2 is 2.15 bits per heavy atom. The van der Waals surface area contributed by atoms with Crippen molar-refractivity contribution in [3.63, 3.8) is 0 Å². The van der Waals surface area contributed by atoms with Gasteiger partial charge in [0.15, 0.2) is 0 Å². The number of nitrogens with zero attached hydrogens (tertiary/aromatic N) is 2. The molecule has 1 aromatic heterocycles. The Bertz CT molecular complexity index is 535. The van der Waals surface area contributed by atoms with E-state index in [-0.39, 0.29) is 0 Å². The van der Waals surface area contributed by atoms with Gasteiger partial charge < -0.3 is 5.32 Å². The van der Waals surface area contributed by atoms with E-state index in [1.807, 2.05) is 11.8 Å². The van der Waals surface area contributed by atoms with Gasteiger partial charge in [0, 0.05) is 17.0 Å². The molecule has 3 nitrogen and oxygen atoms in total. The van der Waals surface area contributed by atoms with E-state index >= 15 is 0 Å². The second kappa shape index (κ2) is 6.05. The number of aryl methyl sites for hydroxylation is 2. The lowest BCUT2D eigenvalue weighted by atomic mass is 9.95. The summed E-state index contributed by atoms with van der Waals surface area (Å²) in [6.45, 7) is 0. The topological polar surface area (TPSA) is 48.7 Å². The van der Waals surface area contributed by atoms with Crippen LogP contribution in [0.15, 0.2) is 6.07 Å². The van der Waals surface area contributed by atoms with Crippen LogP contribution in [0.25, 0.3) is 0 Å². The number of rotatable bonds is 3. The van der Waals surface area contributed by atoms with Crippen LogP contribution in [0.5, 0.6) is 0 Å². The number of nitriles is 1. The fourth-order valence-corrected chi connectivity index (χ4v) is 4.31. The Morgan fingerprint density at radius 3 is 2.95 bits per heavy atom. The average Bonchev–Trinajstić information content (AvgIpc) is 2.93. The lowest BCUT2D eigenvalue weighted by Gasteiger charge is -2.22. The molecule has 0 saturated heterocycles. The van der Waals surface area contributed by atoms with E-state index in [1.54, 1.807) is 0 Å². The summed E-state index contributed by atoms with van der Waals surface area (Å²) < 4.78 is 0. The molecule has 0 spiro atoms. The van der Waals surface area contributed by atoms with Crippen molar-refractivity contribution in [3.8, 4) is 6.07 Å². The van der Waals surface area contributed by atoms with Crippen molar-refractivity contribution in [3.05, 3.63) is 22.9 Å². The van der Waals surface area contributed by atoms with Gasteiger partial charge in [-0.1, -0.05) is 6.42 Å². The van der Waals surface area contributed by atoms with E-state index in [0.717, 1.165) is 24.2 Å². The number of anilines is 1. The highest BCUT2D eigenvalue weighted by molar-refractivity contribution is 7.99. The predicted molar refractivity (Wildman–Crippen MR) is 84.2 cm³/mol. The van der Waals surface area contributed by atoms with Crippen molar-refractivity contribution >= 4 is 17.6 Å². The first-order chi connectivity index (χ1) is 9.81. The first-order valence-electron chi connectivity index (χ1n) is 7.54. The third-order valence-electron chi connectivity index (χ3n) is 4.50. The van der Waals surface area contributed by atoms with Gasteiger partial charge in [-0.2, -0.15) is 17.0 Å². The van der Waals surface area contributed by atoms with Gasteiger partial charge in [0.2, 0.25) is 0 Å². The molecule has 2 unspecified atom stereocenters. The minimum absolute atomic E-state index is 0.464. The lowest BCUT2D eigenvalue weighted by Crippen LogP contribution is -2.27. The number of fused-ring (bicyclic) bond motifs is 1. The molecule has 2 aliphatic carbocycles. The van der Waals surface area contributed by atoms with E-state index < -0.39 is 0 Å². The molecule has 0 aromatic carbocycles. The Hall–Kier alpha value is -1.21. The predicted octanol–water partition coefficient (Wildman–Crippen LogP) is 3.53. The van der Waals surface area contributed by atoms with Crippen molar-refractivity contribution < 1.29 is 0 Å². The molecular weight excluding hydrogens is 266 g/mol. The summed E-state index contributed by atoms with van der Waals surface area (Å²) in [6, 6.07) is 4.85. The standard InChI is InChI=1S/C16H21N3S/c1-20-15-8-4-7-14(15)19-16-12(10-17)9-11-5-2-3-6-13(11)18-16/h9,14-15H,2-8H2,1H3,(H,18,19). The van der Waals surface area contributed by atoms with Crippen LogP contribution in [-0.4, -0.2) is 22.5 Å². The SMILES string of the molecule is CSC1CCCC1Nc1nc2c(cc1C#N)CCCC2. The minimum atomic E-state index is 0.464. The maximum atomic E-state index is 9.38. The van der Waals surface area contributed by atoms with Gasteiger partial charge in [-0.25, -0.2) is 4.98 Å². The fraction of sp³-hybridized carbons (Fsp3) is 0.625. The van der Waals surface area contributed by atoms with Crippen LogP contribution in [0, 0.1) is 11.3 Å². The maximum Gasteiger partial charge on any atom is 0.144 e. The van der Waals surface area contributed by atoms with Crippen LogP contribution < -0.4 is 5.32 Å². The summed E-state index contributed by atoms with van der Waals surface area (Å²) in [6.07, 6.45) is 10.5. The molecule has 0 aliphatic heterocycles. The number of thioether (sulfide) groups is 1. The minimum Gasteiger partial charge on any atom is -0.365 e. The third-order valence-corrected chi connectivity index (χ3v) is 5.67. The number of hydrogen-bond acceptors (Lipinski definition) is 4. The van der Waals surface area contributed by atoms with Gasteiger partial charge in [0.25, 0.3) is 0 Å². The van der Waals surface area contributed by atoms with Crippen molar-refractivity contribution in [2.75, 3.05) is 11.6 Å². The summed E-state index contributed by atoms with van der Waals surface area (Å²) >= 11 is 1.93. The number of pyridine rings is 1. The van der Waals surface area contributed by atoms with Gasteiger partial charge in [-0.3, -0.25) is 0 Å². The first-order valence-corrected chi connectivity index (χ1v) is 8.83. The average molecular weight is 287 g/mol. The van der Waals surface area contributed by atoms with Crippen LogP contribution in [0.1, 0.15) is 48.9 Å². The number of nitrogens with one attached hydrogen (secondary N) is 1. The zero-order chi connectivity index (χ0) is 13.9. The summed E-state index contributed by atoms with van der Waals surface area (Å²) in [5.41, 5.74) is 3.21. The van der Waals surface area contributed by atoms with Crippen LogP contribution >= 0.6 is 11.8 Å². The summed E-state index contributed by atoms with van der Waals surface area (Å²) in [4.78, 5) is 4.77. The van der Waals surface area contributed by atoms with Crippen LogP contribution in [0.4, 0.5) is 5.82 Å². The highest BCUT2D eigenvalue weighted by Gasteiger charge is 2.27. The molecule has 2 aliphatic rings. The van der Waals surface area contributed by atoms with E-state index in [0.29, 0.717) is 11.3 Å². The van der Waals surface area contributed by atoms with Crippen LogP contribution in [-0.2, 0) is 12.8 Å². The molecule has 0 bridgehead atoms. The number of hydrogen-bond donors (Lipinski definition) is 1. The second-order valence-electron chi connectivity index (χ2n) is 5.77. The second-order valence-corrected chi connectivity index (χ2v) is 6.84. The Labute approximate surface area is 125 Å². The summed E-state index contributed by atoms with van der Waals surface area (Å²) in [7, 11) is 0. The quantitative estimate of drug-likeness (QED) is 0.924. The molecule has 1 fully saturated rings. The lowest BCUT2D eigenvalue weighted by molar-refractivity contribution is 0.666. The smallest absolute Gasteiger partial charge is 0.144 e. The summed E-state index contributed by atoms with van der Waals surface area (Å²) in [5, 5.41) is 13.6. The van der Waals surface area contributed by atoms with Crippen molar-refractivity contribution in [2.45, 2.75) is 56.2 Å². The molecular formula is C16H21N3S. The monoisotopic (exact) mass is 287 g/mol. The Balaban J connectivity index is 1.86. The Morgan fingerprint density at radius 1 is 1.30 bits per heavy atom. The zero-order valence-electron chi connectivity index (χ0n) is 12.0. The molecule has 106 valence electrons. The van der Waals surface area contributed by atoms with E-state index in [4.69, 9.17) is 4.98 Å². The highest BCUT2D eigenvalue weighted by atomic mass is 32.2. The molecule has 0 amide bonds. The number of aromatic nitrogens is 1. The molecule has 4 heteroatoms. The molecule has 3 rings (SSSR count). The zero-order valence-corrected chi connectivity index (χ0v) is 12.8. The largest absolute Gasteiger partial charge is 0.365 e. The first kappa shape index (κ1) is 13.8. The Kier molecular flexibility index (Phi) is 4.16. The van der Waals surface area contributed by atoms with Crippen molar-refractivity contribution in [2.24, 2.45) is 0 Å². The molecule has 1 aromatic rings. The summed E-state index contributed by atoms with van der Waals surface area (Å²) in [5.74, 6) is 0.819. The van der Waals surface area contributed by atoms with Crippen LogP contribution in [0.3, 0.4) is 0 Å². The normalized spacial score (nSPS) is 25.0. The van der Waals surface area contributed by atoms with Gasteiger partial charge in [-0.05, 0) is 56.4 Å². The third kappa shape index (κ3) is 2.64. The highest BCUT2D eigenvalue weighted by Crippen LogP contribution is 2.32. The van der Waals surface area contributed by atoms with Gasteiger partial charge in [0.1, 0.15) is 11.9 Å². The molecule has 2 atom stereocenters. The van der Waals surface area contributed by atoms with Crippen molar-refractivity contribution in [1.82, 2.24) is 4.98 Å². The van der Waals surface area contributed by atoms with Gasteiger partial charge in [-0.15, -0.1) is 0 Å². The fourth-order valence-electron chi connectivity index (χ4n) is 3.38. The van der Waals surface area contributed by atoms with E-state index in [1.165, 1.54) is 43.4 Å². The molecule has 1 N–H and O–H groups in total. The molecule has 1 saturated carbocycles. The van der Waals surface area contributed by atoms with E-state index in [9.17, 15) is 5.26 Å². The molecule has 20 heavy (non-hydrogen) atoms. The van der Waals surface area contributed by atoms with Gasteiger partial charge in [0.05, 0.1) is 5.56 Å². The van der Waals surface area contributed by atoms with E-state index in [2.05, 4.69) is 23.7 Å². The maximum absolute atomic E-state index is 9.38. The molecule has 1 heterocycles. The van der Waals surface area contributed by atoms with Gasteiger partial charge >= 0.3 is 0 Å². The van der Waals surface area contributed by atoms with Crippen LogP contribution in [0.2, 0.25) is 0 Å². The van der Waals surface area contributed by atoms with Crippen molar-refractivity contribution in [1.29, 1.82) is 5.26 Å². The molecule has 0 radical (unpaired) electrons.